The van der Waals surface area contributed by atoms with Crippen LogP contribution in [0.1, 0.15) is 34.6 Å². The number of carbonyl (C=O) groups is 1. The van der Waals surface area contributed by atoms with E-state index in [0.717, 1.165) is 12.1 Å². The number of ether oxygens (including phenoxy) is 1. The second kappa shape index (κ2) is 10.3. The first-order valence-electron chi connectivity index (χ1n) is 10.8. The Morgan fingerprint density at radius 3 is 2.74 bits per heavy atom. The van der Waals surface area contributed by atoms with Crippen LogP contribution in [0.25, 0.3) is 0 Å². The lowest BCUT2D eigenvalue weighted by Gasteiger charge is -2.19. The number of hydrogen-bond acceptors (Lipinski definition) is 6. The number of pyridine rings is 1. The van der Waals surface area contributed by atoms with Gasteiger partial charge in [0.05, 0.1) is 23.0 Å². The molecule has 0 bridgehead atoms. The van der Waals surface area contributed by atoms with E-state index in [1.165, 1.54) is 23.1 Å². The van der Waals surface area contributed by atoms with Gasteiger partial charge in [0.15, 0.2) is 11.6 Å². The highest BCUT2D eigenvalue weighted by molar-refractivity contribution is 7.80. The number of ketones is 1. The fraction of sp³-hybridized carbons (Fsp3) is 0.292. The molecule has 0 unspecified atom stereocenters. The van der Waals surface area contributed by atoms with E-state index in [9.17, 15) is 18.0 Å². The van der Waals surface area contributed by atoms with Gasteiger partial charge in [-0.05, 0) is 36.2 Å². The predicted molar refractivity (Wildman–Crippen MR) is 127 cm³/mol. The second-order valence-electron chi connectivity index (χ2n) is 7.99. The zero-order chi connectivity index (χ0) is 25.0. The van der Waals surface area contributed by atoms with Gasteiger partial charge in [0.1, 0.15) is 12.9 Å². The van der Waals surface area contributed by atoms with E-state index in [1.807, 2.05) is 30.2 Å². The number of anilines is 1. The van der Waals surface area contributed by atoms with Crippen LogP contribution in [0.15, 0.2) is 61.1 Å². The summed E-state index contributed by atoms with van der Waals surface area (Å²) in [5.74, 6) is 1.04. The number of hydrogen-bond donors (Lipinski definition) is 0. The highest BCUT2D eigenvalue weighted by Gasteiger charge is 2.30. The van der Waals surface area contributed by atoms with Crippen molar-refractivity contribution < 1.29 is 22.7 Å². The third-order valence-electron chi connectivity index (χ3n) is 5.45. The van der Waals surface area contributed by atoms with Crippen molar-refractivity contribution in [2.24, 2.45) is 5.92 Å². The van der Waals surface area contributed by atoms with Gasteiger partial charge in [0, 0.05) is 19.7 Å². The Bertz CT molecular complexity index is 1240. The molecular formula is C24H22F3N5O2S. The minimum atomic E-state index is -4.38. The summed E-state index contributed by atoms with van der Waals surface area (Å²) < 4.78 is 45.3. The number of allylic oxidation sites excluding steroid dienone is 1. The fourth-order valence-electron chi connectivity index (χ4n) is 3.56. The van der Waals surface area contributed by atoms with Crippen LogP contribution in [0.4, 0.5) is 19.0 Å². The number of halogens is 3. The van der Waals surface area contributed by atoms with Crippen LogP contribution >= 0.6 is 12.2 Å². The van der Waals surface area contributed by atoms with Crippen LogP contribution in [0.5, 0.6) is 5.75 Å². The number of aromatic nitrogens is 4. The Morgan fingerprint density at radius 2 is 2.00 bits per heavy atom. The maximum atomic E-state index is 12.7. The van der Waals surface area contributed by atoms with Crippen LogP contribution in [-0.4, -0.2) is 44.2 Å². The first-order valence-corrected chi connectivity index (χ1v) is 11.2. The number of nitrogens with zero attached hydrogens (tertiary/aromatic N) is 5. The molecule has 3 aromatic rings. The molecule has 0 spiro atoms. The van der Waals surface area contributed by atoms with E-state index in [0.29, 0.717) is 35.1 Å². The molecule has 0 radical (unpaired) electrons. The molecule has 0 N–H and O–H groups in total. The van der Waals surface area contributed by atoms with Crippen LogP contribution < -0.4 is 9.64 Å². The van der Waals surface area contributed by atoms with E-state index in [4.69, 9.17) is 17.0 Å². The Kier molecular flexibility index (Phi) is 7.25. The average molecular weight is 502 g/mol. The predicted octanol–water partition coefficient (Wildman–Crippen LogP) is 4.73. The third kappa shape index (κ3) is 5.91. The quantitative estimate of drug-likeness (QED) is 0.263. The van der Waals surface area contributed by atoms with E-state index >= 15 is 0 Å². The van der Waals surface area contributed by atoms with Crippen molar-refractivity contribution in [3.05, 3.63) is 78.0 Å². The molecule has 3 heterocycles. The lowest BCUT2D eigenvalue weighted by atomic mass is 10.1. The zero-order valence-corrected chi connectivity index (χ0v) is 19.6. The summed E-state index contributed by atoms with van der Waals surface area (Å²) in [5, 5.41) is 4.16. The van der Waals surface area contributed by atoms with Gasteiger partial charge in [-0.15, -0.1) is 5.10 Å². The molecule has 0 aliphatic carbocycles. The Balaban J connectivity index is 1.29. The SMILES string of the molecule is CN1C(=S)[C@@H](/C=C/CCC(=O)c2ncn(Cc3ccc(C(F)(F)F)cc3)n2)COc2cccnc21. The van der Waals surface area contributed by atoms with Crippen LogP contribution in [0, 0.1) is 5.92 Å². The minimum Gasteiger partial charge on any atom is -0.489 e. The first-order chi connectivity index (χ1) is 16.7. The molecule has 7 nitrogen and oxygen atoms in total. The number of rotatable bonds is 7. The number of fused-ring (bicyclic) bond motifs is 1. The van der Waals surface area contributed by atoms with Gasteiger partial charge in [0.25, 0.3) is 0 Å². The third-order valence-corrected chi connectivity index (χ3v) is 6.03. The number of benzene rings is 1. The summed E-state index contributed by atoms with van der Waals surface area (Å²) in [5.41, 5.74) is -0.0958. The second-order valence-corrected chi connectivity index (χ2v) is 8.41. The number of alkyl halides is 3. The van der Waals surface area contributed by atoms with Crippen molar-refractivity contribution in [3.8, 4) is 5.75 Å². The van der Waals surface area contributed by atoms with E-state index in [2.05, 4.69) is 15.1 Å². The molecular weight excluding hydrogens is 479 g/mol. The van der Waals surface area contributed by atoms with Crippen molar-refractivity contribution in [2.45, 2.75) is 25.6 Å². The van der Waals surface area contributed by atoms with Crippen LogP contribution in [-0.2, 0) is 12.7 Å². The topological polar surface area (TPSA) is 73.1 Å². The van der Waals surface area contributed by atoms with Gasteiger partial charge in [0.2, 0.25) is 11.6 Å². The molecule has 4 rings (SSSR count). The Morgan fingerprint density at radius 1 is 1.23 bits per heavy atom. The molecule has 0 saturated carbocycles. The van der Waals surface area contributed by atoms with Crippen LogP contribution in [0.3, 0.4) is 0 Å². The highest BCUT2D eigenvalue weighted by Crippen LogP contribution is 2.30. The number of carbonyl (C=O) groups excluding carboxylic acids is 1. The molecule has 1 atom stereocenters. The van der Waals surface area contributed by atoms with Crippen molar-refractivity contribution in [3.63, 3.8) is 0 Å². The summed E-state index contributed by atoms with van der Waals surface area (Å²) in [7, 11) is 1.85. The molecule has 1 aromatic carbocycles. The van der Waals surface area contributed by atoms with Crippen molar-refractivity contribution in [1.29, 1.82) is 0 Å². The van der Waals surface area contributed by atoms with Crippen molar-refractivity contribution in [1.82, 2.24) is 19.7 Å². The fourth-order valence-corrected chi connectivity index (χ4v) is 3.79. The molecule has 2 aromatic heterocycles. The van der Waals surface area contributed by atoms with Gasteiger partial charge in [-0.25, -0.2) is 14.6 Å². The molecule has 35 heavy (non-hydrogen) atoms. The average Bonchev–Trinajstić information content (AvgIpc) is 3.27. The van der Waals surface area contributed by atoms with Gasteiger partial charge >= 0.3 is 6.18 Å². The number of Topliss-reactive ketones (excluding diaryl/α,β-unsaturated/α-hetero) is 1. The summed E-state index contributed by atoms with van der Waals surface area (Å²) in [6, 6.07) is 8.44. The molecule has 0 fully saturated rings. The van der Waals surface area contributed by atoms with E-state index in [1.54, 1.807) is 12.3 Å². The summed E-state index contributed by atoms with van der Waals surface area (Å²) >= 11 is 5.58. The molecule has 182 valence electrons. The van der Waals surface area contributed by atoms with Gasteiger partial charge in [-0.2, -0.15) is 13.2 Å². The molecule has 1 aliphatic heterocycles. The van der Waals surface area contributed by atoms with Gasteiger partial charge < -0.3 is 9.64 Å². The molecule has 0 amide bonds. The summed E-state index contributed by atoms with van der Waals surface area (Å²) in [6.45, 7) is 0.588. The maximum absolute atomic E-state index is 12.7. The highest BCUT2D eigenvalue weighted by atomic mass is 32.1. The van der Waals surface area contributed by atoms with Crippen LogP contribution in [0.2, 0.25) is 0 Å². The monoisotopic (exact) mass is 501 g/mol. The van der Waals surface area contributed by atoms with Gasteiger partial charge in [-0.1, -0.05) is 36.5 Å². The largest absolute Gasteiger partial charge is 0.489 e. The van der Waals surface area contributed by atoms with E-state index < -0.39 is 11.7 Å². The smallest absolute Gasteiger partial charge is 0.416 e. The molecule has 11 heteroatoms. The first kappa shape index (κ1) is 24.5. The standard InChI is InChI=1S/C24H22F3N5O2S/c1-31-22-20(7-4-12-28-22)34-14-17(23(31)35)5-2-3-6-19(33)21-29-15-32(30-21)13-16-8-10-18(11-9-16)24(25,26)27/h2,4-5,7-12,15,17H,3,6,13-14H2,1H3/b5-2+/t17-/m0/s1. The lowest BCUT2D eigenvalue weighted by Crippen LogP contribution is -2.31. The summed E-state index contributed by atoms with van der Waals surface area (Å²) in [6.07, 6.45) is 3.18. The zero-order valence-electron chi connectivity index (χ0n) is 18.8. The van der Waals surface area contributed by atoms with Gasteiger partial charge in [-0.3, -0.25) is 4.79 Å². The maximum Gasteiger partial charge on any atom is 0.416 e. The van der Waals surface area contributed by atoms with Crippen molar-refractivity contribution >= 4 is 28.8 Å². The Labute approximate surface area is 205 Å². The van der Waals surface area contributed by atoms with Crippen molar-refractivity contribution in [2.75, 3.05) is 18.6 Å². The molecule has 1 aliphatic rings. The van der Waals surface area contributed by atoms with E-state index in [-0.39, 0.29) is 30.5 Å². The Hall–Kier alpha value is -3.60. The lowest BCUT2D eigenvalue weighted by molar-refractivity contribution is -0.137. The minimum absolute atomic E-state index is 0.0693. The summed E-state index contributed by atoms with van der Waals surface area (Å²) in [4.78, 5) is 23.3. The normalized spacial score (nSPS) is 16.2. The molecule has 0 saturated heterocycles. The number of thiocarbonyl (C=S) groups is 1.